The first kappa shape index (κ1) is 13.0. The molecule has 1 aliphatic rings. The Morgan fingerprint density at radius 1 is 1.50 bits per heavy atom. The van der Waals surface area contributed by atoms with Crippen LogP contribution in [0.2, 0.25) is 0 Å². The molecule has 1 aliphatic heterocycles. The first-order chi connectivity index (χ1) is 8.74. The van der Waals surface area contributed by atoms with Crippen molar-refractivity contribution in [3.8, 4) is 0 Å². The van der Waals surface area contributed by atoms with E-state index in [1.807, 2.05) is 0 Å². The molecule has 0 saturated heterocycles. The highest BCUT2D eigenvalue weighted by molar-refractivity contribution is 7.60. The largest absolute Gasteiger partial charge is 0.464 e. The first-order valence-electron chi connectivity index (χ1n) is 5.73. The van der Waals surface area contributed by atoms with Gasteiger partial charge >= 0.3 is 5.97 Å². The monoisotopic (exact) mass is 269 g/mol. The van der Waals surface area contributed by atoms with Gasteiger partial charge in [0.15, 0.2) is 0 Å². The number of hydrogen-bond acceptors (Lipinski definition) is 6. The number of aromatic nitrogens is 4. The fourth-order valence-corrected chi connectivity index (χ4v) is 2.90. The van der Waals surface area contributed by atoms with Gasteiger partial charge < -0.3 is 9.64 Å². The SMILES string of the molecule is CP1C=CN(CCC(=O)OCCn2cnnn2)C1. The number of carbonyl (C=O) groups is 1. The number of nitrogens with zero attached hydrogens (tertiary/aromatic N) is 5. The number of tetrazole rings is 1. The Hall–Kier alpha value is -1.49. The Labute approximate surface area is 107 Å². The lowest BCUT2D eigenvalue weighted by Gasteiger charge is -2.15. The second-order valence-corrected chi connectivity index (χ2v) is 6.15. The van der Waals surface area contributed by atoms with Gasteiger partial charge in [0.2, 0.25) is 0 Å². The minimum Gasteiger partial charge on any atom is -0.464 e. The van der Waals surface area contributed by atoms with Crippen molar-refractivity contribution in [3.63, 3.8) is 0 Å². The van der Waals surface area contributed by atoms with Crippen LogP contribution in [-0.4, -0.2) is 57.2 Å². The maximum Gasteiger partial charge on any atom is 0.307 e. The Bertz CT molecular complexity index is 408. The van der Waals surface area contributed by atoms with Crippen LogP contribution in [-0.2, 0) is 16.1 Å². The van der Waals surface area contributed by atoms with Crippen LogP contribution >= 0.6 is 7.92 Å². The fourth-order valence-electron chi connectivity index (χ4n) is 1.58. The summed E-state index contributed by atoms with van der Waals surface area (Å²) in [6.45, 7) is 3.74. The average molecular weight is 269 g/mol. The number of rotatable bonds is 6. The lowest BCUT2D eigenvalue weighted by molar-refractivity contribution is -0.144. The topological polar surface area (TPSA) is 73.1 Å². The van der Waals surface area contributed by atoms with Gasteiger partial charge in [0.05, 0.1) is 13.0 Å². The second-order valence-electron chi connectivity index (χ2n) is 4.05. The van der Waals surface area contributed by atoms with E-state index >= 15 is 0 Å². The van der Waals surface area contributed by atoms with E-state index in [9.17, 15) is 4.79 Å². The highest BCUT2D eigenvalue weighted by atomic mass is 31.1. The summed E-state index contributed by atoms with van der Waals surface area (Å²) in [5, 5.41) is 10.7. The second kappa shape index (κ2) is 6.44. The van der Waals surface area contributed by atoms with E-state index in [0.29, 0.717) is 19.6 Å². The van der Waals surface area contributed by atoms with Gasteiger partial charge in [-0.3, -0.25) is 4.79 Å². The Balaban J connectivity index is 1.56. The third-order valence-corrected chi connectivity index (χ3v) is 3.97. The molecule has 7 nitrogen and oxygen atoms in total. The van der Waals surface area contributed by atoms with Crippen molar-refractivity contribution < 1.29 is 9.53 Å². The van der Waals surface area contributed by atoms with Gasteiger partial charge in [-0.2, -0.15) is 0 Å². The predicted molar refractivity (Wildman–Crippen MR) is 67.0 cm³/mol. The summed E-state index contributed by atoms with van der Waals surface area (Å²) >= 11 is 0. The molecule has 0 amide bonds. The zero-order chi connectivity index (χ0) is 12.8. The molecule has 0 fully saturated rings. The van der Waals surface area contributed by atoms with Crippen molar-refractivity contribution in [3.05, 3.63) is 18.3 Å². The maximum atomic E-state index is 11.5. The number of ether oxygens (including phenoxy) is 1. The summed E-state index contributed by atoms with van der Waals surface area (Å²) in [6.07, 6.45) is 5.03. The molecule has 0 radical (unpaired) electrons. The molecule has 0 spiro atoms. The van der Waals surface area contributed by atoms with Crippen LogP contribution in [0.3, 0.4) is 0 Å². The molecule has 1 aromatic heterocycles. The quantitative estimate of drug-likeness (QED) is 0.552. The molecule has 1 unspecified atom stereocenters. The maximum absolute atomic E-state index is 11.5. The van der Waals surface area contributed by atoms with E-state index in [-0.39, 0.29) is 13.9 Å². The molecular weight excluding hydrogens is 253 g/mol. The molecule has 18 heavy (non-hydrogen) atoms. The number of carbonyl (C=O) groups excluding carboxylic acids is 1. The summed E-state index contributed by atoms with van der Waals surface area (Å²) in [5.74, 6) is 2.03. The van der Waals surface area contributed by atoms with Gasteiger partial charge in [-0.05, 0) is 29.1 Å². The van der Waals surface area contributed by atoms with Crippen LogP contribution < -0.4 is 0 Å². The van der Waals surface area contributed by atoms with Crippen LogP contribution in [0.1, 0.15) is 6.42 Å². The molecule has 8 heteroatoms. The number of esters is 1. The molecule has 1 atom stereocenters. The average Bonchev–Trinajstić information content (AvgIpc) is 2.98. The van der Waals surface area contributed by atoms with E-state index in [1.165, 1.54) is 11.0 Å². The molecule has 2 rings (SSSR count). The molecule has 1 aromatic rings. The van der Waals surface area contributed by atoms with Crippen molar-refractivity contribution in [1.82, 2.24) is 25.1 Å². The lowest BCUT2D eigenvalue weighted by atomic mass is 10.4. The smallest absolute Gasteiger partial charge is 0.307 e. The molecule has 0 aliphatic carbocycles. The molecule has 0 N–H and O–H groups in total. The van der Waals surface area contributed by atoms with E-state index < -0.39 is 0 Å². The molecule has 2 heterocycles. The van der Waals surface area contributed by atoms with Crippen molar-refractivity contribution >= 4 is 13.9 Å². The normalized spacial score (nSPS) is 18.3. The van der Waals surface area contributed by atoms with E-state index in [0.717, 1.165) is 12.8 Å². The third-order valence-electron chi connectivity index (χ3n) is 2.51. The van der Waals surface area contributed by atoms with Gasteiger partial charge in [-0.1, -0.05) is 7.92 Å². The van der Waals surface area contributed by atoms with Crippen LogP contribution in [0.5, 0.6) is 0 Å². The highest BCUT2D eigenvalue weighted by Gasteiger charge is 2.12. The molecule has 0 saturated carbocycles. The summed E-state index contributed by atoms with van der Waals surface area (Å²) in [7, 11) is -0.00319. The van der Waals surface area contributed by atoms with Gasteiger partial charge in [-0.15, -0.1) is 5.10 Å². The van der Waals surface area contributed by atoms with Gasteiger partial charge in [0.25, 0.3) is 0 Å². The zero-order valence-electron chi connectivity index (χ0n) is 10.3. The van der Waals surface area contributed by atoms with Crippen molar-refractivity contribution in [2.45, 2.75) is 13.0 Å². The Morgan fingerprint density at radius 2 is 2.39 bits per heavy atom. The molecule has 98 valence electrons. The van der Waals surface area contributed by atoms with Crippen molar-refractivity contribution in [2.75, 3.05) is 26.1 Å². The molecular formula is C10H16N5O2P. The molecule has 0 bridgehead atoms. The number of hydrogen-bond donors (Lipinski definition) is 0. The lowest BCUT2D eigenvalue weighted by Crippen LogP contribution is -2.20. The minimum atomic E-state index is -0.177. The predicted octanol–water partition coefficient (Wildman–Crippen LogP) is 0.462. The van der Waals surface area contributed by atoms with Crippen LogP contribution in [0, 0.1) is 0 Å². The standard InChI is InChI=1S/C10H16N5O2P/c1-18-7-5-14(9-18)3-2-10(16)17-6-4-15-8-11-12-13-15/h5,7-8H,2-4,6,9H2,1H3. The van der Waals surface area contributed by atoms with Crippen LogP contribution in [0.4, 0.5) is 0 Å². The summed E-state index contributed by atoms with van der Waals surface area (Å²) < 4.78 is 6.63. The van der Waals surface area contributed by atoms with Crippen LogP contribution in [0.25, 0.3) is 0 Å². The Morgan fingerprint density at radius 3 is 3.06 bits per heavy atom. The minimum absolute atomic E-state index is 0.00319. The highest BCUT2D eigenvalue weighted by Crippen LogP contribution is 2.38. The van der Waals surface area contributed by atoms with Crippen molar-refractivity contribution in [1.29, 1.82) is 0 Å². The summed E-state index contributed by atoms with van der Waals surface area (Å²) in [5.41, 5.74) is 0. The third kappa shape index (κ3) is 4.07. The van der Waals surface area contributed by atoms with Gasteiger partial charge in [0, 0.05) is 12.8 Å². The fraction of sp³-hybridized carbons (Fsp3) is 0.600. The zero-order valence-corrected chi connectivity index (χ0v) is 11.2. The first-order valence-corrected chi connectivity index (χ1v) is 7.77. The molecule has 0 aromatic carbocycles. The van der Waals surface area contributed by atoms with Gasteiger partial charge in [0.1, 0.15) is 12.9 Å². The Kier molecular flexibility index (Phi) is 4.64. The van der Waals surface area contributed by atoms with Gasteiger partial charge in [-0.25, -0.2) is 4.68 Å². The van der Waals surface area contributed by atoms with E-state index in [4.69, 9.17) is 4.74 Å². The summed E-state index contributed by atoms with van der Waals surface area (Å²) in [4.78, 5) is 13.6. The van der Waals surface area contributed by atoms with Crippen LogP contribution in [0.15, 0.2) is 18.3 Å². The van der Waals surface area contributed by atoms with Crippen molar-refractivity contribution in [2.24, 2.45) is 0 Å². The van der Waals surface area contributed by atoms with E-state index in [1.54, 1.807) is 0 Å². The van der Waals surface area contributed by atoms with E-state index in [2.05, 4.69) is 39.1 Å². The summed E-state index contributed by atoms with van der Waals surface area (Å²) in [6, 6.07) is 0.